The number of hydrogen-bond donors (Lipinski definition) is 1. The summed E-state index contributed by atoms with van der Waals surface area (Å²) in [6.45, 7) is 7.24. The van der Waals surface area contributed by atoms with Crippen LogP contribution < -0.4 is 10.1 Å². The minimum atomic E-state index is 0.00794. The van der Waals surface area contributed by atoms with Crippen molar-refractivity contribution in [3.05, 3.63) is 17.8 Å². The number of aromatic nitrogens is 2. The molecule has 1 aliphatic rings. The first kappa shape index (κ1) is 14.6. The second-order valence-corrected chi connectivity index (χ2v) is 5.42. The Bertz CT molecular complexity index is 439. The Kier molecular flexibility index (Phi) is 4.76. The molecule has 0 atom stereocenters. The Labute approximate surface area is 119 Å². The van der Waals surface area contributed by atoms with Crippen LogP contribution in [0, 0.1) is 6.92 Å². The molecule has 2 amide bonds. The molecule has 0 aliphatic carbocycles. The Hall–Kier alpha value is -1.85. The minimum absolute atomic E-state index is 0.00794. The number of amides is 2. The average molecular weight is 278 g/mol. The predicted octanol–water partition coefficient (Wildman–Crippen LogP) is 1.75. The summed E-state index contributed by atoms with van der Waals surface area (Å²) >= 11 is 0. The van der Waals surface area contributed by atoms with Gasteiger partial charge in [0, 0.05) is 38.0 Å². The summed E-state index contributed by atoms with van der Waals surface area (Å²) < 4.78 is 5.79. The maximum absolute atomic E-state index is 11.9. The van der Waals surface area contributed by atoms with E-state index in [0.29, 0.717) is 19.0 Å². The Morgan fingerprint density at radius 2 is 2.05 bits per heavy atom. The van der Waals surface area contributed by atoms with Gasteiger partial charge < -0.3 is 15.0 Å². The van der Waals surface area contributed by atoms with Gasteiger partial charge in [0.1, 0.15) is 6.10 Å². The van der Waals surface area contributed by atoms with Crippen molar-refractivity contribution < 1.29 is 9.53 Å². The smallest absolute Gasteiger partial charge is 0.317 e. The molecule has 1 aromatic heterocycles. The largest absolute Gasteiger partial charge is 0.473 e. The van der Waals surface area contributed by atoms with Crippen LogP contribution >= 0.6 is 0 Å². The van der Waals surface area contributed by atoms with Gasteiger partial charge in [0.2, 0.25) is 5.88 Å². The zero-order valence-corrected chi connectivity index (χ0v) is 12.3. The molecule has 2 rings (SSSR count). The zero-order valence-electron chi connectivity index (χ0n) is 12.3. The molecule has 1 saturated heterocycles. The lowest BCUT2D eigenvalue weighted by atomic mass is 10.1. The highest BCUT2D eigenvalue weighted by atomic mass is 16.5. The molecule has 0 spiro atoms. The fourth-order valence-electron chi connectivity index (χ4n) is 2.14. The fourth-order valence-corrected chi connectivity index (χ4v) is 2.14. The molecule has 0 aromatic carbocycles. The van der Waals surface area contributed by atoms with Gasteiger partial charge in [-0.25, -0.2) is 4.79 Å². The fraction of sp³-hybridized carbons (Fsp3) is 0.643. The zero-order chi connectivity index (χ0) is 14.5. The highest BCUT2D eigenvalue weighted by molar-refractivity contribution is 5.74. The van der Waals surface area contributed by atoms with E-state index >= 15 is 0 Å². The third kappa shape index (κ3) is 4.08. The second-order valence-electron chi connectivity index (χ2n) is 5.42. The Morgan fingerprint density at radius 3 is 2.60 bits per heavy atom. The molecular weight excluding hydrogens is 256 g/mol. The lowest BCUT2D eigenvalue weighted by Crippen LogP contribution is -2.48. The summed E-state index contributed by atoms with van der Waals surface area (Å²) in [5, 5.41) is 10.9. The van der Waals surface area contributed by atoms with Gasteiger partial charge in [-0.3, -0.25) is 0 Å². The van der Waals surface area contributed by atoms with E-state index in [9.17, 15) is 4.79 Å². The molecular formula is C14H22N4O2. The van der Waals surface area contributed by atoms with Crippen molar-refractivity contribution in [2.45, 2.75) is 45.8 Å². The van der Waals surface area contributed by atoms with E-state index in [1.165, 1.54) is 0 Å². The molecule has 6 nitrogen and oxygen atoms in total. The quantitative estimate of drug-likeness (QED) is 0.914. The summed E-state index contributed by atoms with van der Waals surface area (Å²) in [6, 6.07) is 3.89. The Morgan fingerprint density at radius 1 is 1.35 bits per heavy atom. The third-order valence-corrected chi connectivity index (χ3v) is 3.20. The molecule has 6 heteroatoms. The first-order valence-corrected chi connectivity index (χ1v) is 7.07. The van der Waals surface area contributed by atoms with Crippen LogP contribution in [0.5, 0.6) is 5.88 Å². The van der Waals surface area contributed by atoms with E-state index in [0.717, 1.165) is 18.5 Å². The maximum atomic E-state index is 11.9. The van der Waals surface area contributed by atoms with Crippen LogP contribution in [0.2, 0.25) is 0 Å². The number of carbonyl (C=O) groups excluding carboxylic acids is 1. The summed E-state index contributed by atoms with van der Waals surface area (Å²) in [5.41, 5.74) is 0.873. The standard InChI is InChI=1S/C14H22N4O2/c1-10(2)15-14(19)18-8-6-12(7-9-18)20-13-5-4-11(3)16-17-13/h4-5,10,12H,6-9H2,1-3H3,(H,15,19). The SMILES string of the molecule is Cc1ccc(OC2CCN(C(=O)NC(C)C)CC2)nn1. The number of ether oxygens (including phenoxy) is 1. The summed E-state index contributed by atoms with van der Waals surface area (Å²) in [6.07, 6.45) is 1.75. The molecule has 110 valence electrons. The van der Waals surface area contributed by atoms with Crippen molar-refractivity contribution in [1.82, 2.24) is 20.4 Å². The van der Waals surface area contributed by atoms with Crippen molar-refractivity contribution in [2.24, 2.45) is 0 Å². The number of nitrogens with zero attached hydrogens (tertiary/aromatic N) is 3. The van der Waals surface area contributed by atoms with Crippen LogP contribution in [0.3, 0.4) is 0 Å². The number of hydrogen-bond acceptors (Lipinski definition) is 4. The molecule has 1 aliphatic heterocycles. The van der Waals surface area contributed by atoms with Gasteiger partial charge in [-0.1, -0.05) is 0 Å². The van der Waals surface area contributed by atoms with Crippen LogP contribution in [0.25, 0.3) is 0 Å². The minimum Gasteiger partial charge on any atom is -0.473 e. The number of urea groups is 1. The molecule has 0 radical (unpaired) electrons. The molecule has 20 heavy (non-hydrogen) atoms. The number of carbonyl (C=O) groups is 1. The van der Waals surface area contributed by atoms with Gasteiger partial charge >= 0.3 is 6.03 Å². The monoisotopic (exact) mass is 278 g/mol. The van der Waals surface area contributed by atoms with Gasteiger partial charge in [0.05, 0.1) is 5.69 Å². The van der Waals surface area contributed by atoms with E-state index in [1.54, 1.807) is 0 Å². The average Bonchev–Trinajstić information content (AvgIpc) is 2.41. The van der Waals surface area contributed by atoms with E-state index in [1.807, 2.05) is 37.8 Å². The van der Waals surface area contributed by atoms with Crippen molar-refractivity contribution in [2.75, 3.05) is 13.1 Å². The van der Waals surface area contributed by atoms with E-state index < -0.39 is 0 Å². The lowest BCUT2D eigenvalue weighted by molar-refractivity contribution is 0.106. The summed E-state index contributed by atoms with van der Waals surface area (Å²) in [5.74, 6) is 0.556. The highest BCUT2D eigenvalue weighted by Crippen LogP contribution is 2.16. The van der Waals surface area contributed by atoms with Gasteiger partial charge in [0.25, 0.3) is 0 Å². The van der Waals surface area contributed by atoms with Crippen LogP contribution in [0.4, 0.5) is 4.79 Å². The third-order valence-electron chi connectivity index (χ3n) is 3.20. The number of aryl methyl sites for hydroxylation is 1. The highest BCUT2D eigenvalue weighted by Gasteiger charge is 2.24. The molecule has 0 bridgehead atoms. The molecule has 1 fully saturated rings. The topological polar surface area (TPSA) is 67.3 Å². The predicted molar refractivity (Wildman–Crippen MR) is 75.7 cm³/mol. The normalized spacial score (nSPS) is 16.3. The first-order valence-electron chi connectivity index (χ1n) is 7.07. The summed E-state index contributed by atoms with van der Waals surface area (Å²) in [4.78, 5) is 13.7. The van der Waals surface area contributed by atoms with Gasteiger partial charge in [-0.05, 0) is 26.8 Å². The van der Waals surface area contributed by atoms with E-state index in [2.05, 4.69) is 15.5 Å². The van der Waals surface area contributed by atoms with Gasteiger partial charge in [-0.2, -0.15) is 5.10 Å². The number of nitrogens with one attached hydrogen (secondary N) is 1. The number of piperidine rings is 1. The van der Waals surface area contributed by atoms with Crippen molar-refractivity contribution in [1.29, 1.82) is 0 Å². The number of likely N-dealkylation sites (tertiary alicyclic amines) is 1. The molecule has 0 saturated carbocycles. The molecule has 1 aromatic rings. The van der Waals surface area contributed by atoms with Gasteiger partial charge in [-0.15, -0.1) is 5.10 Å². The van der Waals surface area contributed by atoms with Crippen LogP contribution in [0.1, 0.15) is 32.4 Å². The van der Waals surface area contributed by atoms with Gasteiger partial charge in [0.15, 0.2) is 0 Å². The van der Waals surface area contributed by atoms with E-state index in [-0.39, 0.29) is 18.2 Å². The van der Waals surface area contributed by atoms with Crippen LogP contribution in [-0.4, -0.2) is 46.4 Å². The van der Waals surface area contributed by atoms with Crippen LogP contribution in [0.15, 0.2) is 12.1 Å². The number of rotatable bonds is 3. The molecule has 2 heterocycles. The first-order chi connectivity index (χ1) is 9.54. The van der Waals surface area contributed by atoms with Crippen molar-refractivity contribution in [3.8, 4) is 5.88 Å². The van der Waals surface area contributed by atoms with Crippen molar-refractivity contribution >= 4 is 6.03 Å². The lowest BCUT2D eigenvalue weighted by Gasteiger charge is -2.32. The van der Waals surface area contributed by atoms with E-state index in [4.69, 9.17) is 4.74 Å². The van der Waals surface area contributed by atoms with Crippen molar-refractivity contribution in [3.63, 3.8) is 0 Å². The maximum Gasteiger partial charge on any atom is 0.317 e. The molecule has 0 unspecified atom stereocenters. The molecule has 1 N–H and O–H groups in total. The summed E-state index contributed by atoms with van der Waals surface area (Å²) in [7, 11) is 0. The van der Waals surface area contributed by atoms with Crippen LogP contribution in [-0.2, 0) is 0 Å². The Balaban J connectivity index is 1.79. The second kappa shape index (κ2) is 6.54.